The lowest BCUT2D eigenvalue weighted by atomic mass is 10.0. The average Bonchev–Trinajstić information content (AvgIpc) is 2.97. The molecule has 0 bridgehead atoms. The summed E-state index contributed by atoms with van der Waals surface area (Å²) in [5.74, 6) is -0.178. The summed E-state index contributed by atoms with van der Waals surface area (Å²) in [6.07, 6.45) is 2.91. The fourth-order valence-corrected chi connectivity index (χ4v) is 5.89. The van der Waals surface area contributed by atoms with E-state index in [1.165, 1.54) is 16.7 Å². The monoisotopic (exact) mass is 588 g/mol. The van der Waals surface area contributed by atoms with E-state index in [1.807, 2.05) is 49.0 Å². The Balaban J connectivity index is 1.83. The van der Waals surface area contributed by atoms with Crippen molar-refractivity contribution in [2.45, 2.75) is 32.7 Å². The molecule has 1 saturated heterocycles. The topological polar surface area (TPSA) is 74.6 Å². The van der Waals surface area contributed by atoms with E-state index in [1.54, 1.807) is 29.2 Å². The standard InChI is InChI=1S/C32H34ClFN6O2/c1-6-11-21-12-10-15-26(37(4)5)29(21)40-31-23(18-24(33)28(35-31)22-13-8-9-14-25(22)34)30(36-32(40)42)39-17-16-38(19-20(39)3)27(41)7-2/h7-10,12-15,18,20H,2,6,11,16-17,19H2,1,3-5H3/t20-/m0/s1. The predicted octanol–water partition coefficient (Wildman–Crippen LogP) is 5.48. The highest BCUT2D eigenvalue weighted by molar-refractivity contribution is 6.33. The summed E-state index contributed by atoms with van der Waals surface area (Å²) in [5, 5.41) is 0.801. The molecule has 1 amide bonds. The summed E-state index contributed by atoms with van der Waals surface area (Å²) in [5.41, 5.74) is 2.78. The van der Waals surface area contributed by atoms with Gasteiger partial charge in [0.05, 0.1) is 27.5 Å². The van der Waals surface area contributed by atoms with Gasteiger partial charge in [0, 0.05) is 45.3 Å². The number of carbonyl (C=O) groups excluding carboxylic acids is 1. The number of pyridine rings is 1. The van der Waals surface area contributed by atoms with Gasteiger partial charge in [-0.2, -0.15) is 4.98 Å². The first kappa shape index (κ1) is 29.3. The van der Waals surface area contributed by atoms with Crippen LogP contribution in [0.1, 0.15) is 25.8 Å². The minimum absolute atomic E-state index is 0.141. The highest BCUT2D eigenvalue weighted by Crippen LogP contribution is 2.37. The van der Waals surface area contributed by atoms with Crippen LogP contribution in [0.2, 0.25) is 5.02 Å². The summed E-state index contributed by atoms with van der Waals surface area (Å²) in [4.78, 5) is 41.6. The molecule has 2 aromatic carbocycles. The molecule has 218 valence electrons. The lowest BCUT2D eigenvalue weighted by Crippen LogP contribution is -2.54. The van der Waals surface area contributed by atoms with Crippen LogP contribution >= 0.6 is 11.6 Å². The van der Waals surface area contributed by atoms with Crippen molar-refractivity contribution >= 4 is 40.0 Å². The third-order valence-corrected chi connectivity index (χ3v) is 7.93. The number of amides is 1. The Morgan fingerprint density at radius 2 is 1.93 bits per heavy atom. The number of hydrogen-bond donors (Lipinski definition) is 0. The molecule has 1 aliphatic rings. The molecule has 1 atom stereocenters. The summed E-state index contributed by atoms with van der Waals surface area (Å²) >= 11 is 6.81. The van der Waals surface area contributed by atoms with Crippen molar-refractivity contribution in [1.29, 1.82) is 0 Å². The van der Waals surface area contributed by atoms with E-state index < -0.39 is 11.5 Å². The summed E-state index contributed by atoms with van der Waals surface area (Å²) in [6, 6.07) is 13.8. The van der Waals surface area contributed by atoms with E-state index in [0.29, 0.717) is 42.2 Å². The maximum absolute atomic E-state index is 15.0. The number of halogens is 2. The molecule has 0 radical (unpaired) electrons. The zero-order chi connectivity index (χ0) is 30.1. The summed E-state index contributed by atoms with van der Waals surface area (Å²) in [6.45, 7) is 9.00. The molecule has 8 nitrogen and oxygen atoms in total. The molecule has 10 heteroatoms. The zero-order valence-electron chi connectivity index (χ0n) is 24.3. The molecule has 0 N–H and O–H groups in total. The quantitative estimate of drug-likeness (QED) is 0.266. The number of aromatic nitrogens is 3. The smallest absolute Gasteiger partial charge is 0.355 e. The van der Waals surface area contributed by atoms with Crippen LogP contribution in [0.25, 0.3) is 28.0 Å². The first-order valence-corrected chi connectivity index (χ1v) is 14.4. The van der Waals surface area contributed by atoms with Gasteiger partial charge in [-0.3, -0.25) is 4.79 Å². The number of hydrogen-bond acceptors (Lipinski definition) is 6. The van der Waals surface area contributed by atoms with Crippen LogP contribution in [0, 0.1) is 5.82 Å². The lowest BCUT2D eigenvalue weighted by Gasteiger charge is -2.40. The minimum atomic E-state index is -0.504. The van der Waals surface area contributed by atoms with E-state index in [2.05, 4.69) is 18.5 Å². The molecule has 0 saturated carbocycles. The Morgan fingerprint density at radius 1 is 1.17 bits per heavy atom. The number of carbonyl (C=O) groups is 1. The molecular weight excluding hydrogens is 555 g/mol. The third-order valence-electron chi connectivity index (χ3n) is 7.64. The maximum atomic E-state index is 15.0. The third kappa shape index (κ3) is 5.25. The summed E-state index contributed by atoms with van der Waals surface area (Å²) in [7, 11) is 3.84. The molecule has 2 aromatic heterocycles. The molecule has 5 rings (SSSR count). The number of anilines is 2. The zero-order valence-corrected chi connectivity index (χ0v) is 25.0. The Hall–Kier alpha value is -4.24. The Morgan fingerprint density at radius 3 is 2.60 bits per heavy atom. The second-order valence-electron chi connectivity index (χ2n) is 10.7. The first-order chi connectivity index (χ1) is 20.2. The maximum Gasteiger partial charge on any atom is 0.355 e. The number of piperazine rings is 1. The molecule has 0 spiro atoms. The minimum Gasteiger partial charge on any atom is -0.376 e. The molecular formula is C32H34ClFN6O2. The van der Waals surface area contributed by atoms with Crippen molar-refractivity contribution < 1.29 is 9.18 Å². The van der Waals surface area contributed by atoms with Crippen molar-refractivity contribution in [2.24, 2.45) is 0 Å². The Labute approximate surface area is 249 Å². The fraction of sp³-hybridized carbons (Fsp3) is 0.312. The van der Waals surface area contributed by atoms with E-state index in [9.17, 15) is 9.59 Å². The number of nitrogens with zero attached hydrogens (tertiary/aromatic N) is 6. The average molecular weight is 589 g/mol. The number of rotatable bonds is 7. The van der Waals surface area contributed by atoms with Crippen molar-refractivity contribution in [1.82, 2.24) is 19.4 Å². The van der Waals surface area contributed by atoms with Gasteiger partial charge in [-0.15, -0.1) is 0 Å². The number of benzene rings is 2. The van der Waals surface area contributed by atoms with Gasteiger partial charge < -0.3 is 14.7 Å². The van der Waals surface area contributed by atoms with Crippen molar-refractivity contribution in [2.75, 3.05) is 43.5 Å². The van der Waals surface area contributed by atoms with Crippen molar-refractivity contribution in [3.05, 3.63) is 88.1 Å². The van der Waals surface area contributed by atoms with Gasteiger partial charge in [-0.25, -0.2) is 18.7 Å². The van der Waals surface area contributed by atoms with E-state index >= 15 is 4.39 Å². The van der Waals surface area contributed by atoms with E-state index in [-0.39, 0.29) is 28.2 Å². The number of aryl methyl sites for hydroxylation is 1. The number of fused-ring (bicyclic) bond motifs is 1. The first-order valence-electron chi connectivity index (χ1n) is 14.0. The molecule has 1 fully saturated rings. The molecule has 1 aliphatic heterocycles. The van der Waals surface area contributed by atoms with Crippen LogP contribution in [0.5, 0.6) is 0 Å². The molecule has 0 unspecified atom stereocenters. The van der Waals surface area contributed by atoms with Gasteiger partial charge in [-0.05, 0) is 49.2 Å². The van der Waals surface area contributed by atoms with Crippen LogP contribution in [-0.2, 0) is 11.2 Å². The van der Waals surface area contributed by atoms with Gasteiger partial charge in [0.15, 0.2) is 5.65 Å². The second-order valence-corrected chi connectivity index (χ2v) is 11.1. The molecule has 0 aliphatic carbocycles. The molecule has 4 aromatic rings. The van der Waals surface area contributed by atoms with E-state index in [4.69, 9.17) is 16.6 Å². The second kappa shape index (κ2) is 11.9. The molecule has 42 heavy (non-hydrogen) atoms. The van der Waals surface area contributed by atoms with Crippen LogP contribution in [-0.4, -0.2) is 65.1 Å². The van der Waals surface area contributed by atoms with Crippen molar-refractivity contribution in [3.8, 4) is 16.9 Å². The largest absolute Gasteiger partial charge is 0.376 e. The van der Waals surface area contributed by atoms with Gasteiger partial charge >= 0.3 is 5.69 Å². The van der Waals surface area contributed by atoms with Crippen LogP contribution < -0.4 is 15.5 Å². The van der Waals surface area contributed by atoms with Gasteiger partial charge in [-0.1, -0.05) is 55.8 Å². The van der Waals surface area contributed by atoms with Crippen molar-refractivity contribution in [3.63, 3.8) is 0 Å². The van der Waals surface area contributed by atoms with Gasteiger partial charge in [0.2, 0.25) is 5.91 Å². The fourth-order valence-electron chi connectivity index (χ4n) is 5.64. The van der Waals surface area contributed by atoms with Gasteiger partial charge in [0.25, 0.3) is 0 Å². The SMILES string of the molecule is C=CC(=O)N1CCN(c2nc(=O)n(-c3c(CCC)cccc3N(C)C)c3nc(-c4ccccc4F)c(Cl)cc23)[C@@H](C)C1. The predicted molar refractivity (Wildman–Crippen MR) is 167 cm³/mol. The Kier molecular flexibility index (Phi) is 8.31. The van der Waals surface area contributed by atoms with Gasteiger partial charge in [0.1, 0.15) is 11.6 Å². The lowest BCUT2D eigenvalue weighted by molar-refractivity contribution is -0.126. The Bertz CT molecular complexity index is 1740. The number of para-hydroxylation sites is 1. The highest BCUT2D eigenvalue weighted by Gasteiger charge is 2.30. The van der Waals surface area contributed by atoms with E-state index in [0.717, 1.165) is 24.1 Å². The van der Waals surface area contributed by atoms with Crippen LogP contribution in [0.4, 0.5) is 15.9 Å². The summed E-state index contributed by atoms with van der Waals surface area (Å²) < 4.78 is 16.5. The van der Waals surface area contributed by atoms with Crippen LogP contribution in [0.15, 0.2) is 66.0 Å². The normalized spacial score (nSPS) is 15.2. The highest BCUT2D eigenvalue weighted by atomic mass is 35.5. The molecule has 3 heterocycles. The van der Waals surface area contributed by atoms with Crippen LogP contribution in [0.3, 0.4) is 0 Å².